The van der Waals surface area contributed by atoms with Crippen LogP contribution in [0.4, 0.5) is 4.79 Å². The van der Waals surface area contributed by atoms with Crippen LogP contribution in [0.1, 0.15) is 20.8 Å². The summed E-state index contributed by atoms with van der Waals surface area (Å²) in [7, 11) is 0. The van der Waals surface area contributed by atoms with Crippen LogP contribution < -0.4 is 10.6 Å². The van der Waals surface area contributed by atoms with Crippen LogP contribution in [0.25, 0.3) is 0 Å². The summed E-state index contributed by atoms with van der Waals surface area (Å²) in [5.74, 6) is 1.30. The van der Waals surface area contributed by atoms with Gasteiger partial charge in [0, 0.05) is 38.3 Å². The van der Waals surface area contributed by atoms with E-state index in [0.29, 0.717) is 23.9 Å². The van der Waals surface area contributed by atoms with E-state index in [1.165, 1.54) is 0 Å². The fourth-order valence-electron chi connectivity index (χ4n) is 2.93. The number of piperidine rings is 1. The van der Waals surface area contributed by atoms with Crippen LogP contribution in [-0.4, -0.2) is 54.9 Å². The number of carbonyl (C=O) groups is 1. The molecular weight excluding hydrogens is 230 g/mol. The van der Waals surface area contributed by atoms with Crippen molar-refractivity contribution in [3.63, 3.8) is 0 Å². The van der Waals surface area contributed by atoms with Gasteiger partial charge in [0.2, 0.25) is 0 Å². The lowest BCUT2D eigenvalue weighted by Gasteiger charge is -2.30. The first-order valence-corrected chi connectivity index (χ1v) is 6.89. The number of carbonyl (C=O) groups excluding carboxylic acids is 1. The van der Waals surface area contributed by atoms with Crippen molar-refractivity contribution in [2.24, 2.45) is 11.8 Å². The Kier molecular flexibility index (Phi) is 2.79. The van der Waals surface area contributed by atoms with Crippen LogP contribution in [0.3, 0.4) is 0 Å². The summed E-state index contributed by atoms with van der Waals surface area (Å²) >= 11 is 0. The number of ether oxygens (including phenoxy) is 1. The van der Waals surface area contributed by atoms with Crippen molar-refractivity contribution in [1.29, 1.82) is 0 Å². The van der Waals surface area contributed by atoms with E-state index in [1.54, 1.807) is 0 Å². The summed E-state index contributed by atoms with van der Waals surface area (Å²) in [4.78, 5) is 13.8. The molecule has 2 heterocycles. The largest absolute Gasteiger partial charge is 0.444 e. The zero-order chi connectivity index (χ0) is 12.9. The number of likely N-dealkylation sites (tertiary alicyclic amines) is 1. The van der Waals surface area contributed by atoms with E-state index in [1.807, 2.05) is 25.7 Å². The number of hydrogen-bond donors (Lipinski definition) is 2. The summed E-state index contributed by atoms with van der Waals surface area (Å²) in [6.45, 7) is 9.63. The average molecular weight is 253 g/mol. The predicted molar refractivity (Wildman–Crippen MR) is 68.4 cm³/mol. The van der Waals surface area contributed by atoms with Gasteiger partial charge in [-0.1, -0.05) is 0 Å². The fraction of sp³-hybridized carbons (Fsp3) is 0.923. The Labute approximate surface area is 108 Å². The van der Waals surface area contributed by atoms with Gasteiger partial charge in [-0.25, -0.2) is 4.79 Å². The van der Waals surface area contributed by atoms with Gasteiger partial charge >= 0.3 is 6.09 Å². The van der Waals surface area contributed by atoms with Crippen molar-refractivity contribution in [2.75, 3.05) is 26.2 Å². The molecule has 18 heavy (non-hydrogen) atoms. The minimum atomic E-state index is -0.390. The minimum absolute atomic E-state index is 0.154. The quantitative estimate of drug-likeness (QED) is 0.748. The second-order valence-corrected chi connectivity index (χ2v) is 6.76. The first-order chi connectivity index (χ1) is 8.44. The van der Waals surface area contributed by atoms with Gasteiger partial charge in [-0.05, 0) is 32.6 Å². The van der Waals surface area contributed by atoms with Crippen molar-refractivity contribution in [3.05, 3.63) is 0 Å². The summed E-state index contributed by atoms with van der Waals surface area (Å²) in [6.07, 6.45) is -0.154. The Morgan fingerprint density at radius 1 is 1.28 bits per heavy atom. The average Bonchev–Trinajstić information content (AvgIpc) is 2.65. The monoisotopic (exact) mass is 253 g/mol. The first-order valence-electron chi connectivity index (χ1n) is 6.89. The third-order valence-corrected chi connectivity index (χ3v) is 4.06. The van der Waals surface area contributed by atoms with E-state index in [9.17, 15) is 4.79 Å². The maximum absolute atomic E-state index is 11.9. The van der Waals surface area contributed by atoms with Gasteiger partial charge in [-0.15, -0.1) is 0 Å². The molecule has 0 bridgehead atoms. The minimum Gasteiger partial charge on any atom is -0.444 e. The molecule has 1 aliphatic carbocycles. The molecule has 0 aromatic rings. The summed E-state index contributed by atoms with van der Waals surface area (Å²) in [5.41, 5.74) is -0.390. The number of hydrogen-bond acceptors (Lipinski definition) is 4. The normalized spacial score (nSPS) is 35.1. The second kappa shape index (κ2) is 4.10. The van der Waals surface area contributed by atoms with Gasteiger partial charge in [0.15, 0.2) is 0 Å². The zero-order valence-corrected chi connectivity index (χ0v) is 11.4. The van der Waals surface area contributed by atoms with Gasteiger partial charge < -0.3 is 20.3 Å². The molecule has 5 heteroatoms. The molecule has 3 rings (SSSR count). The molecule has 0 spiro atoms. The summed E-state index contributed by atoms with van der Waals surface area (Å²) in [6, 6.07) is 1.28. The maximum Gasteiger partial charge on any atom is 0.410 e. The molecule has 1 amide bonds. The lowest BCUT2D eigenvalue weighted by atomic mass is 10.2. The van der Waals surface area contributed by atoms with Gasteiger partial charge in [0.1, 0.15) is 5.60 Å². The maximum atomic E-state index is 11.9. The van der Waals surface area contributed by atoms with E-state index in [4.69, 9.17) is 4.74 Å². The second-order valence-electron chi connectivity index (χ2n) is 6.76. The van der Waals surface area contributed by atoms with E-state index in [2.05, 4.69) is 10.6 Å². The standard InChI is InChI=1S/C13H23N3O2/c1-13(2,3)18-12(17)16-6-9-10(7-16)11(9)15-8-4-14-5-8/h8-11,14-15H,4-7H2,1-3H3. The van der Waals surface area contributed by atoms with Crippen molar-refractivity contribution in [1.82, 2.24) is 15.5 Å². The molecule has 2 unspecified atom stereocenters. The third kappa shape index (κ3) is 2.34. The van der Waals surface area contributed by atoms with Crippen LogP contribution in [0.15, 0.2) is 0 Å². The topological polar surface area (TPSA) is 53.6 Å². The molecule has 5 nitrogen and oxygen atoms in total. The molecule has 2 atom stereocenters. The van der Waals surface area contributed by atoms with Crippen LogP contribution in [-0.2, 0) is 4.74 Å². The number of fused-ring (bicyclic) bond motifs is 1. The Hall–Kier alpha value is -0.810. The highest BCUT2D eigenvalue weighted by atomic mass is 16.6. The van der Waals surface area contributed by atoms with Crippen LogP contribution >= 0.6 is 0 Å². The summed E-state index contributed by atoms with van der Waals surface area (Å²) in [5, 5.41) is 6.92. The molecule has 102 valence electrons. The van der Waals surface area contributed by atoms with Gasteiger partial charge in [-0.2, -0.15) is 0 Å². The van der Waals surface area contributed by atoms with Gasteiger partial charge in [0.05, 0.1) is 0 Å². The first kappa shape index (κ1) is 12.2. The zero-order valence-electron chi connectivity index (χ0n) is 11.4. The van der Waals surface area contributed by atoms with Crippen molar-refractivity contribution < 1.29 is 9.53 Å². The number of nitrogens with one attached hydrogen (secondary N) is 2. The number of nitrogens with zero attached hydrogens (tertiary/aromatic N) is 1. The lowest BCUT2D eigenvalue weighted by Crippen LogP contribution is -2.57. The third-order valence-electron chi connectivity index (χ3n) is 4.06. The highest BCUT2D eigenvalue weighted by Gasteiger charge is 2.57. The predicted octanol–water partition coefficient (Wildman–Crippen LogP) is 0.413. The Bertz CT molecular complexity index is 337. The SMILES string of the molecule is CC(C)(C)OC(=O)N1CC2C(C1)C2NC1CNC1. The highest BCUT2D eigenvalue weighted by molar-refractivity contribution is 5.69. The van der Waals surface area contributed by atoms with Crippen LogP contribution in [0.5, 0.6) is 0 Å². The fourth-order valence-corrected chi connectivity index (χ4v) is 2.93. The van der Waals surface area contributed by atoms with E-state index in [-0.39, 0.29) is 11.7 Å². The van der Waals surface area contributed by atoms with Gasteiger partial charge in [0.25, 0.3) is 0 Å². The molecule has 2 saturated heterocycles. The molecule has 2 N–H and O–H groups in total. The smallest absolute Gasteiger partial charge is 0.410 e. The summed E-state index contributed by atoms with van der Waals surface area (Å²) < 4.78 is 5.40. The van der Waals surface area contributed by atoms with Crippen LogP contribution in [0.2, 0.25) is 0 Å². The number of rotatable bonds is 2. The van der Waals surface area contributed by atoms with E-state index in [0.717, 1.165) is 26.2 Å². The van der Waals surface area contributed by atoms with Crippen molar-refractivity contribution >= 4 is 6.09 Å². The molecule has 2 aliphatic heterocycles. The highest BCUT2D eigenvalue weighted by Crippen LogP contribution is 2.46. The van der Waals surface area contributed by atoms with Crippen LogP contribution in [0, 0.1) is 11.8 Å². The van der Waals surface area contributed by atoms with E-state index < -0.39 is 0 Å². The molecule has 0 aromatic carbocycles. The molecule has 0 radical (unpaired) electrons. The van der Waals surface area contributed by atoms with E-state index >= 15 is 0 Å². The van der Waals surface area contributed by atoms with Crippen molar-refractivity contribution in [3.8, 4) is 0 Å². The van der Waals surface area contributed by atoms with Gasteiger partial charge in [-0.3, -0.25) is 0 Å². The molecule has 3 fully saturated rings. The Morgan fingerprint density at radius 3 is 2.33 bits per heavy atom. The Morgan fingerprint density at radius 2 is 1.89 bits per heavy atom. The molecule has 3 aliphatic rings. The van der Waals surface area contributed by atoms with Crippen molar-refractivity contribution in [2.45, 2.75) is 38.5 Å². The molecule has 0 aromatic heterocycles. The molecular formula is C13H23N3O2. The number of amides is 1. The Balaban J connectivity index is 1.44. The molecule has 1 saturated carbocycles. The lowest BCUT2D eigenvalue weighted by molar-refractivity contribution is 0.0268.